The predicted molar refractivity (Wildman–Crippen MR) is 86.3 cm³/mol. The first kappa shape index (κ1) is 15.3. The number of nitrogens with one attached hydrogen (secondary N) is 2. The Morgan fingerprint density at radius 1 is 1.00 bits per heavy atom. The van der Waals surface area contributed by atoms with Gasteiger partial charge < -0.3 is 5.32 Å². The standard InChI is InChI=1S/C15H19N3O2S/c1-2-12-6-8-13(9-7-12)11-17-14-4-3-5-15(10-14)18-21(16,19)20/h3-10,17-18H,2,11H2,1H3,(H2,16,19,20). The Hall–Kier alpha value is -2.05. The van der Waals surface area contributed by atoms with Gasteiger partial charge in [-0.3, -0.25) is 4.72 Å². The second kappa shape index (κ2) is 6.60. The molecule has 0 atom stereocenters. The predicted octanol–water partition coefficient (Wildman–Crippen LogP) is 2.48. The fourth-order valence-electron chi connectivity index (χ4n) is 1.95. The Morgan fingerprint density at radius 3 is 2.24 bits per heavy atom. The van der Waals surface area contributed by atoms with E-state index in [0.717, 1.165) is 17.7 Å². The summed E-state index contributed by atoms with van der Waals surface area (Å²) in [5.41, 5.74) is 3.72. The first-order valence-electron chi connectivity index (χ1n) is 6.68. The van der Waals surface area contributed by atoms with Crippen molar-refractivity contribution in [2.24, 2.45) is 5.14 Å². The molecule has 2 aromatic carbocycles. The molecular weight excluding hydrogens is 286 g/mol. The van der Waals surface area contributed by atoms with E-state index in [1.54, 1.807) is 18.2 Å². The van der Waals surface area contributed by atoms with Crippen molar-refractivity contribution in [2.75, 3.05) is 10.0 Å². The molecule has 2 rings (SSSR count). The molecule has 0 radical (unpaired) electrons. The van der Waals surface area contributed by atoms with Crippen LogP contribution in [0.4, 0.5) is 11.4 Å². The molecule has 0 saturated carbocycles. The normalized spacial score (nSPS) is 11.1. The molecule has 4 N–H and O–H groups in total. The topological polar surface area (TPSA) is 84.2 Å². The van der Waals surface area contributed by atoms with Crippen LogP contribution >= 0.6 is 0 Å². The van der Waals surface area contributed by atoms with Crippen LogP contribution in [0.1, 0.15) is 18.1 Å². The molecule has 0 aliphatic heterocycles. The summed E-state index contributed by atoms with van der Waals surface area (Å²) in [7, 11) is -3.75. The highest BCUT2D eigenvalue weighted by atomic mass is 32.2. The molecule has 0 amide bonds. The van der Waals surface area contributed by atoms with Crippen molar-refractivity contribution in [2.45, 2.75) is 19.9 Å². The molecule has 0 spiro atoms. The molecule has 0 aromatic heterocycles. The molecule has 0 aliphatic carbocycles. The largest absolute Gasteiger partial charge is 0.381 e. The summed E-state index contributed by atoms with van der Waals surface area (Å²) in [6.45, 7) is 2.79. The van der Waals surface area contributed by atoms with Crippen molar-refractivity contribution in [3.8, 4) is 0 Å². The van der Waals surface area contributed by atoms with Gasteiger partial charge in [-0.15, -0.1) is 0 Å². The van der Waals surface area contributed by atoms with E-state index in [4.69, 9.17) is 5.14 Å². The summed E-state index contributed by atoms with van der Waals surface area (Å²) in [6, 6.07) is 15.4. The lowest BCUT2D eigenvalue weighted by Crippen LogP contribution is -2.21. The SMILES string of the molecule is CCc1ccc(CNc2cccc(NS(N)(=O)=O)c2)cc1. The molecule has 112 valence electrons. The van der Waals surface area contributed by atoms with Crippen molar-refractivity contribution in [1.29, 1.82) is 0 Å². The van der Waals surface area contributed by atoms with Gasteiger partial charge in [0.2, 0.25) is 0 Å². The van der Waals surface area contributed by atoms with E-state index in [-0.39, 0.29) is 0 Å². The van der Waals surface area contributed by atoms with E-state index in [1.807, 2.05) is 6.07 Å². The maximum Gasteiger partial charge on any atom is 0.296 e. The minimum Gasteiger partial charge on any atom is -0.381 e. The Bertz CT molecular complexity index is 697. The number of rotatable bonds is 6. The zero-order valence-electron chi connectivity index (χ0n) is 11.8. The summed E-state index contributed by atoms with van der Waals surface area (Å²) in [6.07, 6.45) is 1.02. The maximum atomic E-state index is 11.0. The second-order valence-electron chi connectivity index (χ2n) is 4.75. The van der Waals surface area contributed by atoms with Crippen LogP contribution in [-0.2, 0) is 23.2 Å². The molecule has 6 heteroatoms. The molecule has 0 heterocycles. The Labute approximate surface area is 125 Å². The molecule has 0 unspecified atom stereocenters. The number of aryl methyl sites for hydroxylation is 1. The zero-order chi connectivity index (χ0) is 15.3. The van der Waals surface area contributed by atoms with Gasteiger partial charge in [0, 0.05) is 12.2 Å². The van der Waals surface area contributed by atoms with E-state index >= 15 is 0 Å². The Balaban J connectivity index is 2.01. The minimum absolute atomic E-state index is 0.434. The van der Waals surface area contributed by atoms with Gasteiger partial charge in [-0.2, -0.15) is 8.42 Å². The molecular formula is C15H19N3O2S. The van der Waals surface area contributed by atoms with Gasteiger partial charge >= 0.3 is 0 Å². The van der Waals surface area contributed by atoms with Crippen LogP contribution in [-0.4, -0.2) is 8.42 Å². The van der Waals surface area contributed by atoms with E-state index < -0.39 is 10.2 Å². The average Bonchev–Trinajstić information content (AvgIpc) is 2.44. The van der Waals surface area contributed by atoms with Gasteiger partial charge in [-0.1, -0.05) is 37.3 Å². The maximum absolute atomic E-state index is 11.0. The second-order valence-corrected chi connectivity index (χ2v) is 6.05. The van der Waals surface area contributed by atoms with E-state index in [2.05, 4.69) is 41.2 Å². The van der Waals surface area contributed by atoms with E-state index in [9.17, 15) is 8.42 Å². The first-order chi connectivity index (χ1) is 9.96. The fourth-order valence-corrected chi connectivity index (χ4v) is 2.41. The highest BCUT2D eigenvalue weighted by molar-refractivity contribution is 7.90. The van der Waals surface area contributed by atoms with Gasteiger partial charge in [-0.25, -0.2) is 5.14 Å². The van der Waals surface area contributed by atoms with Gasteiger partial charge in [0.1, 0.15) is 0 Å². The average molecular weight is 305 g/mol. The highest BCUT2D eigenvalue weighted by Crippen LogP contribution is 2.16. The Kier molecular flexibility index (Phi) is 4.82. The van der Waals surface area contributed by atoms with Crippen molar-refractivity contribution < 1.29 is 8.42 Å². The van der Waals surface area contributed by atoms with Gasteiger partial charge in [-0.05, 0) is 35.7 Å². The van der Waals surface area contributed by atoms with Crippen molar-refractivity contribution >= 4 is 21.6 Å². The molecule has 5 nitrogen and oxygen atoms in total. The molecule has 0 bridgehead atoms. The van der Waals surface area contributed by atoms with E-state index in [1.165, 1.54) is 5.56 Å². The lowest BCUT2D eigenvalue weighted by atomic mass is 10.1. The van der Waals surface area contributed by atoms with Crippen LogP contribution in [0.2, 0.25) is 0 Å². The lowest BCUT2D eigenvalue weighted by molar-refractivity contribution is 0.603. The van der Waals surface area contributed by atoms with Crippen molar-refractivity contribution in [3.63, 3.8) is 0 Å². The first-order valence-corrected chi connectivity index (χ1v) is 8.23. The van der Waals surface area contributed by atoms with Crippen LogP contribution in [0.25, 0.3) is 0 Å². The number of anilines is 2. The summed E-state index contributed by atoms with van der Waals surface area (Å²) in [5, 5.41) is 8.20. The van der Waals surface area contributed by atoms with Crippen LogP contribution in [0.3, 0.4) is 0 Å². The smallest absolute Gasteiger partial charge is 0.296 e. The molecule has 0 fully saturated rings. The van der Waals surface area contributed by atoms with Crippen LogP contribution < -0.4 is 15.2 Å². The minimum atomic E-state index is -3.75. The highest BCUT2D eigenvalue weighted by Gasteiger charge is 2.02. The number of benzene rings is 2. The van der Waals surface area contributed by atoms with Crippen LogP contribution in [0, 0.1) is 0 Å². The zero-order valence-corrected chi connectivity index (χ0v) is 12.7. The summed E-state index contributed by atoms with van der Waals surface area (Å²) in [5.74, 6) is 0. The monoisotopic (exact) mass is 305 g/mol. The third kappa shape index (κ3) is 5.09. The quantitative estimate of drug-likeness (QED) is 0.766. The third-order valence-corrected chi connectivity index (χ3v) is 3.57. The van der Waals surface area contributed by atoms with Crippen molar-refractivity contribution in [3.05, 3.63) is 59.7 Å². The third-order valence-electron chi connectivity index (χ3n) is 3.05. The van der Waals surface area contributed by atoms with Crippen LogP contribution in [0.5, 0.6) is 0 Å². The van der Waals surface area contributed by atoms with Gasteiger partial charge in [0.15, 0.2) is 0 Å². The fraction of sp³-hybridized carbons (Fsp3) is 0.200. The lowest BCUT2D eigenvalue weighted by Gasteiger charge is -2.09. The molecule has 2 aromatic rings. The Morgan fingerprint density at radius 2 is 1.62 bits per heavy atom. The van der Waals surface area contributed by atoms with Gasteiger partial charge in [0.05, 0.1) is 5.69 Å². The summed E-state index contributed by atoms with van der Waals surface area (Å²) >= 11 is 0. The van der Waals surface area contributed by atoms with Crippen molar-refractivity contribution in [1.82, 2.24) is 0 Å². The van der Waals surface area contributed by atoms with E-state index in [0.29, 0.717) is 12.2 Å². The molecule has 0 aliphatic rings. The number of hydrogen-bond acceptors (Lipinski definition) is 3. The summed E-state index contributed by atoms with van der Waals surface area (Å²) < 4.78 is 24.2. The molecule has 0 saturated heterocycles. The summed E-state index contributed by atoms with van der Waals surface area (Å²) in [4.78, 5) is 0. The number of hydrogen-bond donors (Lipinski definition) is 3. The van der Waals surface area contributed by atoms with Crippen LogP contribution in [0.15, 0.2) is 48.5 Å². The molecule has 21 heavy (non-hydrogen) atoms. The number of nitrogens with two attached hydrogens (primary N) is 1. The van der Waals surface area contributed by atoms with Gasteiger partial charge in [0.25, 0.3) is 10.2 Å².